The minimum Gasteiger partial charge on any atom is -0.455 e. The van der Waals surface area contributed by atoms with Gasteiger partial charge < -0.3 is 9.32 Å². The first kappa shape index (κ1) is 30.5. The third-order valence-corrected chi connectivity index (χ3v) is 11.0. The van der Waals surface area contributed by atoms with Crippen LogP contribution in [0.4, 0.5) is 17.1 Å². The first-order chi connectivity index (χ1) is 26.8. The van der Waals surface area contributed by atoms with Gasteiger partial charge in [0.05, 0.1) is 5.69 Å². The molecule has 11 rings (SSSR count). The molecule has 0 saturated carbocycles. The van der Waals surface area contributed by atoms with Crippen molar-refractivity contribution in [2.45, 2.75) is 0 Å². The third-order valence-electron chi connectivity index (χ3n) is 11.0. The van der Waals surface area contributed by atoms with Gasteiger partial charge >= 0.3 is 0 Å². The van der Waals surface area contributed by atoms with Crippen LogP contribution in [0.15, 0.2) is 205 Å². The molecule has 2 heteroatoms. The van der Waals surface area contributed by atoms with Crippen molar-refractivity contribution >= 4 is 82.1 Å². The van der Waals surface area contributed by atoms with Crippen LogP contribution in [-0.2, 0) is 0 Å². The van der Waals surface area contributed by atoms with Gasteiger partial charge in [0.15, 0.2) is 0 Å². The van der Waals surface area contributed by atoms with Crippen LogP contribution in [0.1, 0.15) is 0 Å². The van der Waals surface area contributed by atoms with Gasteiger partial charge in [-0.1, -0.05) is 152 Å². The molecule has 0 aliphatic carbocycles. The SMILES string of the molecule is c1ccc(-c2ccc(N(c3ccc4c(c3)oc3c(-c5ccc6ccccc6c5)c5ccccc5cc34)c3cc4ccccc4c4ccccc34)cc2)cc1. The molecular formula is C52H33NO. The number of hydrogen-bond acceptors (Lipinski definition) is 2. The Morgan fingerprint density at radius 2 is 0.907 bits per heavy atom. The van der Waals surface area contributed by atoms with Crippen molar-refractivity contribution < 1.29 is 4.42 Å². The summed E-state index contributed by atoms with van der Waals surface area (Å²) in [4.78, 5) is 2.39. The molecule has 0 saturated heterocycles. The number of benzene rings is 10. The van der Waals surface area contributed by atoms with Crippen molar-refractivity contribution in [3.8, 4) is 22.3 Å². The fourth-order valence-electron chi connectivity index (χ4n) is 8.41. The van der Waals surface area contributed by atoms with Crippen molar-refractivity contribution in [3.05, 3.63) is 200 Å². The summed E-state index contributed by atoms with van der Waals surface area (Å²) >= 11 is 0. The second kappa shape index (κ2) is 12.2. The van der Waals surface area contributed by atoms with E-state index < -0.39 is 0 Å². The average molecular weight is 688 g/mol. The molecule has 0 spiro atoms. The first-order valence-corrected chi connectivity index (χ1v) is 18.5. The smallest absolute Gasteiger partial charge is 0.143 e. The van der Waals surface area contributed by atoms with Crippen LogP contribution in [0.2, 0.25) is 0 Å². The molecule has 11 aromatic rings. The van der Waals surface area contributed by atoms with Crippen molar-refractivity contribution in [1.29, 1.82) is 0 Å². The Hall–Kier alpha value is -7.16. The van der Waals surface area contributed by atoms with Crippen molar-refractivity contribution in [3.63, 3.8) is 0 Å². The quantitative estimate of drug-likeness (QED) is 0.168. The predicted octanol–water partition coefficient (Wildman–Crippen LogP) is 15.0. The molecule has 0 bridgehead atoms. The Morgan fingerprint density at radius 3 is 1.70 bits per heavy atom. The van der Waals surface area contributed by atoms with Gasteiger partial charge in [-0.15, -0.1) is 0 Å². The lowest BCUT2D eigenvalue weighted by molar-refractivity contribution is 0.670. The lowest BCUT2D eigenvalue weighted by Crippen LogP contribution is -2.10. The van der Waals surface area contributed by atoms with Gasteiger partial charge in [-0.25, -0.2) is 0 Å². The Labute approximate surface area is 312 Å². The Balaban J connectivity index is 1.16. The van der Waals surface area contributed by atoms with E-state index in [4.69, 9.17) is 4.42 Å². The second-order valence-corrected chi connectivity index (χ2v) is 14.1. The molecule has 0 aliphatic heterocycles. The minimum atomic E-state index is 0.857. The normalized spacial score (nSPS) is 11.7. The predicted molar refractivity (Wildman–Crippen MR) is 229 cm³/mol. The molecule has 1 heterocycles. The van der Waals surface area contributed by atoms with Crippen molar-refractivity contribution in [1.82, 2.24) is 0 Å². The molecule has 2 nitrogen and oxygen atoms in total. The number of furan rings is 1. The van der Waals surface area contributed by atoms with Crippen LogP contribution < -0.4 is 4.90 Å². The van der Waals surface area contributed by atoms with Gasteiger partial charge in [0.25, 0.3) is 0 Å². The molecule has 0 amide bonds. The number of nitrogens with zero attached hydrogens (tertiary/aromatic N) is 1. The molecule has 0 unspecified atom stereocenters. The lowest BCUT2D eigenvalue weighted by atomic mass is 9.94. The molecular weight excluding hydrogens is 655 g/mol. The largest absolute Gasteiger partial charge is 0.455 e. The van der Waals surface area contributed by atoms with Gasteiger partial charge in [-0.3, -0.25) is 0 Å². The highest BCUT2D eigenvalue weighted by Crippen LogP contribution is 2.46. The van der Waals surface area contributed by atoms with Crippen LogP contribution in [0.5, 0.6) is 0 Å². The number of anilines is 3. The van der Waals surface area contributed by atoms with E-state index in [-0.39, 0.29) is 0 Å². The van der Waals surface area contributed by atoms with Crippen LogP contribution in [-0.4, -0.2) is 0 Å². The highest BCUT2D eigenvalue weighted by molar-refractivity contribution is 6.19. The van der Waals surface area contributed by atoms with E-state index in [1.54, 1.807) is 0 Å². The number of hydrogen-bond donors (Lipinski definition) is 0. The van der Waals surface area contributed by atoms with Gasteiger partial charge in [0.2, 0.25) is 0 Å². The summed E-state index contributed by atoms with van der Waals surface area (Å²) in [6.45, 7) is 0. The van der Waals surface area contributed by atoms with Crippen LogP contribution in [0.25, 0.3) is 87.3 Å². The topological polar surface area (TPSA) is 16.4 Å². The van der Waals surface area contributed by atoms with E-state index in [0.717, 1.165) is 50.1 Å². The standard InChI is InChI=1S/C52H33NO/c1-2-12-34(13-3-1)36-24-26-41(27-25-36)53(49-32-39-17-6-8-18-43(39)45-20-10-11-21-46(45)49)42-28-29-47-48-31-38-16-7-9-19-44(38)51(52(48)54-50(47)33-42)40-23-22-35-14-4-5-15-37(35)30-40/h1-33H. The fourth-order valence-corrected chi connectivity index (χ4v) is 8.41. The molecule has 1 aromatic heterocycles. The summed E-state index contributed by atoms with van der Waals surface area (Å²) in [6, 6.07) is 72.2. The van der Waals surface area contributed by atoms with Crippen LogP contribution >= 0.6 is 0 Å². The summed E-state index contributed by atoms with van der Waals surface area (Å²) in [7, 11) is 0. The van der Waals surface area contributed by atoms with Crippen molar-refractivity contribution in [2.24, 2.45) is 0 Å². The third kappa shape index (κ3) is 4.88. The van der Waals surface area contributed by atoms with Crippen LogP contribution in [0, 0.1) is 0 Å². The van der Waals surface area contributed by atoms with Gasteiger partial charge in [-0.05, 0) is 96.9 Å². The summed E-state index contributed by atoms with van der Waals surface area (Å²) in [5, 5.41) is 11.9. The van der Waals surface area contributed by atoms with E-state index in [2.05, 4.69) is 205 Å². The summed E-state index contributed by atoms with van der Waals surface area (Å²) in [5.41, 5.74) is 9.66. The average Bonchev–Trinajstić information content (AvgIpc) is 3.60. The highest BCUT2D eigenvalue weighted by atomic mass is 16.3. The van der Waals surface area contributed by atoms with Crippen LogP contribution in [0.3, 0.4) is 0 Å². The molecule has 252 valence electrons. The molecule has 0 aliphatic rings. The van der Waals surface area contributed by atoms with E-state index in [1.807, 2.05) is 0 Å². The Morgan fingerprint density at radius 1 is 0.315 bits per heavy atom. The maximum atomic E-state index is 7.03. The Bertz CT molecular complexity index is 3210. The number of fused-ring (bicyclic) bond motifs is 8. The summed E-state index contributed by atoms with van der Waals surface area (Å²) in [5.74, 6) is 0. The zero-order valence-electron chi connectivity index (χ0n) is 29.4. The van der Waals surface area contributed by atoms with E-state index in [9.17, 15) is 0 Å². The summed E-state index contributed by atoms with van der Waals surface area (Å²) < 4.78 is 7.03. The molecule has 54 heavy (non-hydrogen) atoms. The lowest BCUT2D eigenvalue weighted by Gasteiger charge is -2.27. The molecule has 0 radical (unpaired) electrons. The second-order valence-electron chi connectivity index (χ2n) is 14.1. The minimum absolute atomic E-state index is 0.857. The Kier molecular flexibility index (Phi) is 6.90. The summed E-state index contributed by atoms with van der Waals surface area (Å²) in [6.07, 6.45) is 0. The van der Waals surface area contributed by atoms with Gasteiger partial charge in [0, 0.05) is 39.2 Å². The fraction of sp³-hybridized carbons (Fsp3) is 0. The van der Waals surface area contributed by atoms with Gasteiger partial charge in [-0.2, -0.15) is 0 Å². The highest BCUT2D eigenvalue weighted by Gasteiger charge is 2.21. The first-order valence-electron chi connectivity index (χ1n) is 18.5. The van der Waals surface area contributed by atoms with E-state index >= 15 is 0 Å². The number of rotatable bonds is 5. The monoisotopic (exact) mass is 687 g/mol. The maximum Gasteiger partial charge on any atom is 0.143 e. The van der Waals surface area contributed by atoms with Crippen molar-refractivity contribution in [2.75, 3.05) is 4.90 Å². The van der Waals surface area contributed by atoms with Gasteiger partial charge in [0.1, 0.15) is 11.2 Å². The molecule has 0 fully saturated rings. The van der Waals surface area contributed by atoms with E-state index in [1.165, 1.54) is 54.2 Å². The molecule has 10 aromatic carbocycles. The maximum absolute atomic E-state index is 7.03. The molecule has 0 N–H and O–H groups in total. The van der Waals surface area contributed by atoms with E-state index in [0.29, 0.717) is 0 Å². The molecule has 0 atom stereocenters. The zero-order chi connectivity index (χ0) is 35.6. The zero-order valence-corrected chi connectivity index (χ0v) is 29.4.